The molecular weight excluding hydrogens is 258 g/mol. The first-order valence-corrected chi connectivity index (χ1v) is 6.45. The monoisotopic (exact) mass is 275 g/mol. The first kappa shape index (κ1) is 13.8. The number of nitrogens with one attached hydrogen (secondary N) is 1. The summed E-state index contributed by atoms with van der Waals surface area (Å²) < 4.78 is 5.83. The minimum Gasteiger partial charge on any atom is -0.489 e. The SMILES string of the molecule is Cl.c1ccc(COc2ccc3c(c2)CCCN3)cc1. The first-order valence-electron chi connectivity index (χ1n) is 6.45. The van der Waals surface area contributed by atoms with E-state index in [9.17, 15) is 0 Å². The van der Waals surface area contributed by atoms with Crippen LogP contribution in [0.25, 0.3) is 0 Å². The van der Waals surface area contributed by atoms with E-state index in [-0.39, 0.29) is 12.4 Å². The highest BCUT2D eigenvalue weighted by atomic mass is 35.5. The number of anilines is 1. The maximum absolute atomic E-state index is 5.83. The second-order valence-electron chi connectivity index (χ2n) is 4.62. The lowest BCUT2D eigenvalue weighted by Gasteiger charge is -2.18. The molecule has 3 rings (SSSR count). The van der Waals surface area contributed by atoms with Gasteiger partial charge in [0.05, 0.1) is 0 Å². The summed E-state index contributed by atoms with van der Waals surface area (Å²) in [5.74, 6) is 0.960. The topological polar surface area (TPSA) is 21.3 Å². The van der Waals surface area contributed by atoms with Crippen LogP contribution >= 0.6 is 12.4 Å². The summed E-state index contributed by atoms with van der Waals surface area (Å²) >= 11 is 0. The van der Waals surface area contributed by atoms with Crippen molar-refractivity contribution in [3.05, 3.63) is 59.7 Å². The summed E-state index contributed by atoms with van der Waals surface area (Å²) in [6.07, 6.45) is 2.35. The molecule has 0 bridgehead atoms. The van der Waals surface area contributed by atoms with Crippen LogP contribution in [-0.2, 0) is 13.0 Å². The molecule has 2 aromatic carbocycles. The smallest absolute Gasteiger partial charge is 0.120 e. The lowest BCUT2D eigenvalue weighted by atomic mass is 10.0. The Morgan fingerprint density at radius 2 is 1.89 bits per heavy atom. The average Bonchev–Trinajstić information content (AvgIpc) is 2.46. The van der Waals surface area contributed by atoms with E-state index in [1.807, 2.05) is 24.3 Å². The van der Waals surface area contributed by atoms with Gasteiger partial charge in [0.1, 0.15) is 12.4 Å². The van der Waals surface area contributed by atoms with E-state index in [1.165, 1.54) is 23.2 Å². The van der Waals surface area contributed by atoms with Gasteiger partial charge in [0, 0.05) is 12.2 Å². The Morgan fingerprint density at radius 1 is 1.05 bits per heavy atom. The highest BCUT2D eigenvalue weighted by Crippen LogP contribution is 2.26. The third-order valence-electron chi connectivity index (χ3n) is 3.26. The van der Waals surface area contributed by atoms with Crippen molar-refractivity contribution in [2.24, 2.45) is 0 Å². The van der Waals surface area contributed by atoms with Crippen molar-refractivity contribution >= 4 is 18.1 Å². The number of hydrogen-bond donors (Lipinski definition) is 1. The molecule has 0 unspecified atom stereocenters. The zero-order valence-electron chi connectivity index (χ0n) is 10.8. The van der Waals surface area contributed by atoms with Crippen LogP contribution in [0.4, 0.5) is 5.69 Å². The average molecular weight is 276 g/mol. The second kappa shape index (κ2) is 6.48. The molecule has 0 saturated carbocycles. The molecule has 3 heteroatoms. The number of halogens is 1. The molecule has 0 spiro atoms. The fourth-order valence-electron chi connectivity index (χ4n) is 2.28. The van der Waals surface area contributed by atoms with Gasteiger partial charge in [0.15, 0.2) is 0 Å². The zero-order chi connectivity index (χ0) is 12.2. The van der Waals surface area contributed by atoms with Crippen LogP contribution in [0.5, 0.6) is 5.75 Å². The molecule has 19 heavy (non-hydrogen) atoms. The molecule has 1 N–H and O–H groups in total. The lowest BCUT2D eigenvalue weighted by molar-refractivity contribution is 0.306. The van der Waals surface area contributed by atoms with E-state index in [2.05, 4.69) is 29.6 Å². The Kier molecular flexibility index (Phi) is 4.69. The van der Waals surface area contributed by atoms with Gasteiger partial charge in [-0.3, -0.25) is 0 Å². The van der Waals surface area contributed by atoms with Crippen LogP contribution < -0.4 is 10.1 Å². The van der Waals surface area contributed by atoms with Crippen molar-refractivity contribution in [1.29, 1.82) is 0 Å². The molecule has 0 radical (unpaired) electrons. The molecule has 0 fully saturated rings. The summed E-state index contributed by atoms with van der Waals surface area (Å²) in [4.78, 5) is 0. The quantitative estimate of drug-likeness (QED) is 0.913. The third-order valence-corrected chi connectivity index (χ3v) is 3.26. The van der Waals surface area contributed by atoms with E-state index in [4.69, 9.17) is 4.74 Å². The molecule has 0 saturated heterocycles. The fraction of sp³-hybridized carbons (Fsp3) is 0.250. The number of hydrogen-bond acceptors (Lipinski definition) is 2. The van der Waals surface area contributed by atoms with Gasteiger partial charge in [-0.1, -0.05) is 30.3 Å². The van der Waals surface area contributed by atoms with Crippen LogP contribution in [0.2, 0.25) is 0 Å². The van der Waals surface area contributed by atoms with Crippen LogP contribution in [-0.4, -0.2) is 6.54 Å². The molecular formula is C16H18ClNO. The van der Waals surface area contributed by atoms with E-state index in [0.717, 1.165) is 18.7 Å². The van der Waals surface area contributed by atoms with Gasteiger partial charge in [-0.05, 0) is 42.2 Å². The van der Waals surface area contributed by atoms with Gasteiger partial charge >= 0.3 is 0 Å². The molecule has 100 valence electrons. The Hall–Kier alpha value is -1.67. The predicted octanol–water partition coefficient (Wildman–Crippen LogP) is 4.05. The highest BCUT2D eigenvalue weighted by molar-refractivity contribution is 5.85. The van der Waals surface area contributed by atoms with Crippen LogP contribution in [0.3, 0.4) is 0 Å². The van der Waals surface area contributed by atoms with Crippen LogP contribution in [0, 0.1) is 0 Å². The minimum absolute atomic E-state index is 0. The Balaban J connectivity index is 0.00000133. The number of fused-ring (bicyclic) bond motifs is 1. The van der Waals surface area contributed by atoms with Gasteiger partial charge in [-0.2, -0.15) is 0 Å². The summed E-state index contributed by atoms with van der Waals surface area (Å²) in [6, 6.07) is 16.6. The van der Waals surface area contributed by atoms with Crippen molar-refractivity contribution in [2.45, 2.75) is 19.4 Å². The fourth-order valence-corrected chi connectivity index (χ4v) is 2.28. The van der Waals surface area contributed by atoms with E-state index in [0.29, 0.717) is 6.61 Å². The van der Waals surface area contributed by atoms with Crippen LogP contribution in [0.1, 0.15) is 17.5 Å². The number of aryl methyl sites for hydroxylation is 1. The summed E-state index contributed by atoms with van der Waals surface area (Å²) in [5.41, 5.74) is 3.83. The lowest BCUT2D eigenvalue weighted by Crippen LogP contribution is -2.11. The van der Waals surface area contributed by atoms with Gasteiger partial charge < -0.3 is 10.1 Å². The summed E-state index contributed by atoms with van der Waals surface area (Å²) in [6.45, 7) is 1.71. The van der Waals surface area contributed by atoms with Crippen LogP contribution in [0.15, 0.2) is 48.5 Å². The standard InChI is InChI=1S/C16H17NO.ClH/c1-2-5-13(6-3-1)12-18-15-8-9-16-14(11-15)7-4-10-17-16;/h1-3,5-6,8-9,11,17H,4,7,10,12H2;1H. The Labute approximate surface area is 120 Å². The number of ether oxygens (including phenoxy) is 1. The molecule has 0 atom stereocenters. The number of rotatable bonds is 3. The summed E-state index contributed by atoms with van der Waals surface area (Å²) in [7, 11) is 0. The van der Waals surface area contributed by atoms with E-state index >= 15 is 0 Å². The molecule has 0 aliphatic carbocycles. The maximum Gasteiger partial charge on any atom is 0.120 e. The Bertz CT molecular complexity index is 528. The molecule has 0 amide bonds. The largest absolute Gasteiger partial charge is 0.489 e. The predicted molar refractivity (Wildman–Crippen MR) is 81.3 cm³/mol. The molecule has 0 aromatic heterocycles. The van der Waals surface area contributed by atoms with E-state index < -0.39 is 0 Å². The summed E-state index contributed by atoms with van der Waals surface area (Å²) in [5, 5.41) is 3.41. The Morgan fingerprint density at radius 3 is 2.74 bits per heavy atom. The second-order valence-corrected chi connectivity index (χ2v) is 4.62. The van der Waals surface area contributed by atoms with Gasteiger partial charge in [-0.25, -0.2) is 0 Å². The normalized spacial score (nSPS) is 12.8. The van der Waals surface area contributed by atoms with Crippen molar-refractivity contribution in [3.8, 4) is 5.75 Å². The molecule has 2 nitrogen and oxygen atoms in total. The molecule has 2 aromatic rings. The van der Waals surface area contributed by atoms with Crippen molar-refractivity contribution in [3.63, 3.8) is 0 Å². The van der Waals surface area contributed by atoms with Crippen molar-refractivity contribution in [1.82, 2.24) is 0 Å². The van der Waals surface area contributed by atoms with Gasteiger partial charge in [-0.15, -0.1) is 12.4 Å². The van der Waals surface area contributed by atoms with Crippen molar-refractivity contribution in [2.75, 3.05) is 11.9 Å². The third kappa shape index (κ3) is 3.42. The first-order chi connectivity index (χ1) is 8.92. The van der Waals surface area contributed by atoms with E-state index in [1.54, 1.807) is 0 Å². The van der Waals surface area contributed by atoms with Gasteiger partial charge in [0.2, 0.25) is 0 Å². The number of benzene rings is 2. The zero-order valence-corrected chi connectivity index (χ0v) is 11.6. The maximum atomic E-state index is 5.83. The minimum atomic E-state index is 0. The molecule has 1 aliphatic rings. The highest BCUT2D eigenvalue weighted by Gasteiger charge is 2.09. The molecule has 1 aliphatic heterocycles. The molecule has 1 heterocycles. The van der Waals surface area contributed by atoms with Gasteiger partial charge in [0.25, 0.3) is 0 Å². The van der Waals surface area contributed by atoms with Crippen molar-refractivity contribution < 1.29 is 4.74 Å².